The molecule has 0 aliphatic carbocycles. The molecule has 0 amide bonds. The number of carbonyl (C=O) groups is 1. The number of aromatic nitrogens is 2. The molecule has 0 bridgehead atoms. The minimum absolute atomic E-state index is 0.150. The number of halogens is 2. The summed E-state index contributed by atoms with van der Waals surface area (Å²) in [5, 5.41) is 13.4. The van der Waals surface area contributed by atoms with Gasteiger partial charge >= 0.3 is 5.97 Å². The van der Waals surface area contributed by atoms with Crippen LogP contribution in [0.15, 0.2) is 24.3 Å². The Kier molecular flexibility index (Phi) is 3.90. The number of hydrogen-bond donors (Lipinski definition) is 1. The van der Waals surface area contributed by atoms with Gasteiger partial charge in [0.2, 0.25) is 0 Å². The zero-order chi connectivity index (χ0) is 14.9. The van der Waals surface area contributed by atoms with Crippen molar-refractivity contribution in [2.24, 2.45) is 0 Å². The molecular weight excluding hydrogens is 283 g/mol. The van der Waals surface area contributed by atoms with E-state index < -0.39 is 11.8 Å². The molecule has 2 aromatic rings. The minimum atomic E-state index is -1.15. The molecule has 20 heavy (non-hydrogen) atoms. The molecular formula is C14H12ClFN2O2. The molecule has 1 aromatic heterocycles. The second-order valence-corrected chi connectivity index (χ2v) is 4.62. The number of carboxylic acid groups (broad SMARTS) is 1. The predicted octanol–water partition coefficient (Wildman–Crippen LogP) is 3.38. The van der Waals surface area contributed by atoms with E-state index in [4.69, 9.17) is 16.7 Å². The van der Waals surface area contributed by atoms with Gasteiger partial charge in [0.25, 0.3) is 0 Å². The molecule has 2 rings (SSSR count). The molecule has 0 aliphatic rings. The van der Waals surface area contributed by atoms with Crippen LogP contribution in [0.3, 0.4) is 0 Å². The van der Waals surface area contributed by atoms with Crippen LogP contribution in [0.1, 0.15) is 17.0 Å². The maximum Gasteiger partial charge on any atom is 0.328 e. The first-order chi connectivity index (χ1) is 9.41. The van der Waals surface area contributed by atoms with Crippen molar-refractivity contribution in [1.82, 2.24) is 9.78 Å². The molecule has 0 atom stereocenters. The van der Waals surface area contributed by atoms with Crippen molar-refractivity contribution >= 4 is 23.6 Å². The largest absolute Gasteiger partial charge is 0.478 e. The molecule has 104 valence electrons. The lowest BCUT2D eigenvalue weighted by molar-refractivity contribution is -0.131. The molecule has 0 fully saturated rings. The quantitative estimate of drug-likeness (QED) is 0.883. The van der Waals surface area contributed by atoms with E-state index >= 15 is 0 Å². The number of benzene rings is 1. The number of aliphatic carboxylic acids is 1. The Morgan fingerprint density at radius 3 is 2.70 bits per heavy atom. The van der Waals surface area contributed by atoms with E-state index in [1.807, 2.05) is 0 Å². The van der Waals surface area contributed by atoms with Gasteiger partial charge in [-0.3, -0.25) is 0 Å². The van der Waals surface area contributed by atoms with Gasteiger partial charge in [-0.15, -0.1) is 0 Å². The average molecular weight is 295 g/mol. The number of nitrogens with zero attached hydrogens (tertiary/aromatic N) is 2. The van der Waals surface area contributed by atoms with Gasteiger partial charge < -0.3 is 5.11 Å². The van der Waals surface area contributed by atoms with Crippen molar-refractivity contribution in [1.29, 1.82) is 0 Å². The topological polar surface area (TPSA) is 55.1 Å². The summed E-state index contributed by atoms with van der Waals surface area (Å²) in [6, 6.07) is 4.45. The summed E-state index contributed by atoms with van der Waals surface area (Å²) in [6.07, 6.45) is 2.09. The molecule has 0 unspecified atom stereocenters. The summed E-state index contributed by atoms with van der Waals surface area (Å²) >= 11 is 6.08. The van der Waals surface area contributed by atoms with Gasteiger partial charge in [-0.05, 0) is 32.1 Å². The number of hydrogen-bond acceptors (Lipinski definition) is 2. The lowest BCUT2D eigenvalue weighted by atomic mass is 10.1. The van der Waals surface area contributed by atoms with Gasteiger partial charge in [-0.1, -0.05) is 17.7 Å². The highest BCUT2D eigenvalue weighted by Crippen LogP contribution is 2.26. The zero-order valence-corrected chi connectivity index (χ0v) is 11.6. The lowest BCUT2D eigenvalue weighted by Gasteiger charge is -2.09. The smallest absolute Gasteiger partial charge is 0.328 e. The van der Waals surface area contributed by atoms with Crippen molar-refractivity contribution in [3.05, 3.63) is 52.1 Å². The summed E-state index contributed by atoms with van der Waals surface area (Å²) in [5.41, 5.74) is 1.88. The summed E-state index contributed by atoms with van der Waals surface area (Å²) in [7, 11) is 0. The third kappa shape index (κ3) is 2.58. The molecule has 0 spiro atoms. The van der Waals surface area contributed by atoms with Gasteiger partial charge in [0.1, 0.15) is 5.82 Å². The molecule has 0 radical (unpaired) electrons. The predicted molar refractivity (Wildman–Crippen MR) is 74.7 cm³/mol. The average Bonchev–Trinajstić information content (AvgIpc) is 2.64. The lowest BCUT2D eigenvalue weighted by Crippen LogP contribution is -2.03. The zero-order valence-electron chi connectivity index (χ0n) is 10.9. The Labute approximate surface area is 120 Å². The second-order valence-electron chi connectivity index (χ2n) is 4.24. The number of aryl methyl sites for hydroxylation is 1. The molecule has 0 aliphatic heterocycles. The molecule has 6 heteroatoms. The van der Waals surface area contributed by atoms with Crippen LogP contribution in [0.25, 0.3) is 11.8 Å². The van der Waals surface area contributed by atoms with Crippen LogP contribution in [0.2, 0.25) is 5.02 Å². The Bertz CT molecular complexity index is 707. The van der Waals surface area contributed by atoms with E-state index in [0.29, 0.717) is 22.1 Å². The van der Waals surface area contributed by atoms with Crippen LogP contribution in [0.5, 0.6) is 0 Å². The van der Waals surface area contributed by atoms with E-state index in [9.17, 15) is 9.18 Å². The number of rotatable bonds is 3. The third-order valence-corrected chi connectivity index (χ3v) is 3.40. The number of carboxylic acids is 1. The van der Waals surface area contributed by atoms with Crippen molar-refractivity contribution in [2.45, 2.75) is 13.8 Å². The van der Waals surface area contributed by atoms with E-state index in [0.717, 1.165) is 6.08 Å². The SMILES string of the molecule is Cc1nn(-c2cccc(F)c2/C=C/C(=O)O)c(C)c1Cl. The van der Waals surface area contributed by atoms with E-state index in [-0.39, 0.29) is 5.56 Å². The molecule has 1 heterocycles. The molecule has 0 saturated heterocycles. The van der Waals surface area contributed by atoms with Gasteiger partial charge in [-0.25, -0.2) is 13.9 Å². The fourth-order valence-corrected chi connectivity index (χ4v) is 2.01. The van der Waals surface area contributed by atoms with Crippen LogP contribution < -0.4 is 0 Å². The Morgan fingerprint density at radius 2 is 2.15 bits per heavy atom. The fraction of sp³-hybridized carbons (Fsp3) is 0.143. The van der Waals surface area contributed by atoms with Crippen molar-refractivity contribution < 1.29 is 14.3 Å². The third-order valence-electron chi connectivity index (χ3n) is 2.85. The maximum absolute atomic E-state index is 13.9. The Morgan fingerprint density at radius 1 is 1.45 bits per heavy atom. The second kappa shape index (κ2) is 5.46. The van der Waals surface area contributed by atoms with Crippen molar-refractivity contribution in [2.75, 3.05) is 0 Å². The summed E-state index contributed by atoms with van der Waals surface area (Å²) in [4.78, 5) is 10.6. The van der Waals surface area contributed by atoms with Crippen molar-refractivity contribution in [3.8, 4) is 5.69 Å². The van der Waals surface area contributed by atoms with E-state index in [1.165, 1.54) is 22.9 Å². The van der Waals surface area contributed by atoms with Crippen LogP contribution in [-0.4, -0.2) is 20.9 Å². The monoisotopic (exact) mass is 294 g/mol. The highest BCUT2D eigenvalue weighted by molar-refractivity contribution is 6.31. The van der Waals surface area contributed by atoms with E-state index in [1.54, 1.807) is 19.9 Å². The first-order valence-electron chi connectivity index (χ1n) is 5.83. The van der Waals surface area contributed by atoms with Crippen LogP contribution in [0.4, 0.5) is 4.39 Å². The molecule has 1 aromatic carbocycles. The first-order valence-corrected chi connectivity index (χ1v) is 6.21. The van der Waals surface area contributed by atoms with Crippen LogP contribution >= 0.6 is 11.6 Å². The first kappa shape index (κ1) is 14.3. The van der Waals surface area contributed by atoms with Gasteiger partial charge in [-0.2, -0.15) is 5.10 Å². The minimum Gasteiger partial charge on any atom is -0.478 e. The Hall–Kier alpha value is -2.14. The van der Waals surface area contributed by atoms with Crippen LogP contribution in [0, 0.1) is 19.7 Å². The van der Waals surface area contributed by atoms with E-state index in [2.05, 4.69) is 5.10 Å². The van der Waals surface area contributed by atoms with Crippen molar-refractivity contribution in [3.63, 3.8) is 0 Å². The Balaban J connectivity index is 2.65. The maximum atomic E-state index is 13.9. The molecule has 4 nitrogen and oxygen atoms in total. The van der Waals surface area contributed by atoms with Gasteiger partial charge in [0, 0.05) is 11.6 Å². The summed E-state index contributed by atoms with van der Waals surface area (Å²) in [6.45, 7) is 3.51. The van der Waals surface area contributed by atoms with Gasteiger partial charge in [0.15, 0.2) is 0 Å². The highest BCUT2D eigenvalue weighted by Gasteiger charge is 2.14. The fourth-order valence-electron chi connectivity index (χ4n) is 1.89. The highest BCUT2D eigenvalue weighted by atomic mass is 35.5. The summed E-state index contributed by atoms with van der Waals surface area (Å²) < 4.78 is 15.4. The van der Waals surface area contributed by atoms with Gasteiger partial charge in [0.05, 0.1) is 22.1 Å². The summed E-state index contributed by atoms with van der Waals surface area (Å²) in [5.74, 6) is -1.67. The molecule has 0 saturated carbocycles. The van der Waals surface area contributed by atoms with Crippen LogP contribution in [-0.2, 0) is 4.79 Å². The standard InChI is InChI=1S/C14H12ClFN2O2/c1-8-14(15)9(2)18(17-8)12-5-3-4-11(16)10(12)6-7-13(19)20/h3-7H,1-2H3,(H,19,20)/b7-6+. The molecule has 1 N–H and O–H groups in total. The normalized spacial score (nSPS) is 11.2.